The third kappa shape index (κ3) is 1.34. The van der Waals surface area contributed by atoms with Crippen molar-refractivity contribution in [3.63, 3.8) is 0 Å². The van der Waals surface area contributed by atoms with Crippen LogP contribution >= 0.6 is 0 Å². The zero-order chi connectivity index (χ0) is 12.0. The number of nitrogens with two attached hydrogens (primary N) is 1. The van der Waals surface area contributed by atoms with E-state index in [-0.39, 0.29) is 11.7 Å². The molecule has 0 amide bonds. The summed E-state index contributed by atoms with van der Waals surface area (Å²) >= 11 is 0. The van der Waals surface area contributed by atoms with Crippen molar-refractivity contribution < 1.29 is 4.92 Å². The topological polar surface area (TPSA) is 69.2 Å². The number of fused-ring (bicyclic) bond motifs is 3. The molecule has 0 spiro atoms. The lowest BCUT2D eigenvalue weighted by molar-refractivity contribution is -0.384. The minimum atomic E-state index is -0.393. The summed E-state index contributed by atoms with van der Waals surface area (Å²) in [6.07, 6.45) is 0. The molecule has 0 aromatic heterocycles. The van der Waals surface area contributed by atoms with E-state index in [4.69, 9.17) is 5.73 Å². The highest BCUT2D eigenvalue weighted by Gasteiger charge is 2.27. The third-order valence-corrected chi connectivity index (χ3v) is 3.17. The van der Waals surface area contributed by atoms with Gasteiger partial charge in [-0.05, 0) is 28.3 Å². The van der Waals surface area contributed by atoms with E-state index in [1.165, 1.54) is 6.07 Å². The molecule has 0 fully saturated rings. The van der Waals surface area contributed by atoms with Gasteiger partial charge in [0.2, 0.25) is 0 Å². The first-order valence-electron chi connectivity index (χ1n) is 5.31. The summed E-state index contributed by atoms with van der Waals surface area (Å²) < 4.78 is 0. The summed E-state index contributed by atoms with van der Waals surface area (Å²) in [4.78, 5) is 10.4. The fourth-order valence-electron chi connectivity index (χ4n) is 2.35. The lowest BCUT2D eigenvalue weighted by Crippen LogP contribution is -2.08. The second-order valence-electron chi connectivity index (χ2n) is 4.09. The average molecular weight is 226 g/mol. The molecule has 4 nitrogen and oxygen atoms in total. The van der Waals surface area contributed by atoms with E-state index in [2.05, 4.69) is 0 Å². The van der Waals surface area contributed by atoms with Gasteiger partial charge in [-0.2, -0.15) is 0 Å². The summed E-state index contributed by atoms with van der Waals surface area (Å²) in [5, 5.41) is 10.7. The van der Waals surface area contributed by atoms with Crippen molar-refractivity contribution >= 4 is 5.69 Å². The maximum Gasteiger partial charge on any atom is 0.269 e. The first kappa shape index (κ1) is 9.99. The lowest BCUT2D eigenvalue weighted by Gasteiger charge is -2.05. The Balaban J connectivity index is 2.24. The molecule has 2 aromatic rings. The van der Waals surface area contributed by atoms with E-state index < -0.39 is 4.92 Å². The van der Waals surface area contributed by atoms with Crippen LogP contribution in [0.1, 0.15) is 17.2 Å². The Morgan fingerprint density at radius 2 is 1.76 bits per heavy atom. The first-order valence-corrected chi connectivity index (χ1v) is 5.31. The summed E-state index contributed by atoms with van der Waals surface area (Å²) in [6.45, 7) is 0. The van der Waals surface area contributed by atoms with Gasteiger partial charge in [0.05, 0.1) is 11.0 Å². The Morgan fingerprint density at radius 1 is 1.06 bits per heavy atom. The van der Waals surface area contributed by atoms with Gasteiger partial charge in [-0.1, -0.05) is 24.3 Å². The predicted molar refractivity (Wildman–Crippen MR) is 64.6 cm³/mol. The molecule has 17 heavy (non-hydrogen) atoms. The molecule has 0 bridgehead atoms. The number of non-ortho nitro benzene ring substituents is 1. The molecule has 84 valence electrons. The van der Waals surface area contributed by atoms with Gasteiger partial charge in [-0.25, -0.2) is 0 Å². The Kier molecular flexibility index (Phi) is 2.00. The second-order valence-corrected chi connectivity index (χ2v) is 4.09. The van der Waals surface area contributed by atoms with E-state index >= 15 is 0 Å². The van der Waals surface area contributed by atoms with E-state index in [0.717, 1.165) is 22.3 Å². The van der Waals surface area contributed by atoms with Gasteiger partial charge >= 0.3 is 0 Å². The number of hydrogen-bond donors (Lipinski definition) is 1. The number of rotatable bonds is 1. The van der Waals surface area contributed by atoms with Crippen molar-refractivity contribution in [3.8, 4) is 11.1 Å². The minimum Gasteiger partial charge on any atom is -0.320 e. The van der Waals surface area contributed by atoms with Crippen molar-refractivity contribution in [3.05, 3.63) is 63.7 Å². The molecule has 1 unspecified atom stereocenters. The molecule has 0 saturated carbocycles. The second kappa shape index (κ2) is 3.40. The number of hydrogen-bond acceptors (Lipinski definition) is 3. The van der Waals surface area contributed by atoms with E-state index in [0.29, 0.717) is 0 Å². The van der Waals surface area contributed by atoms with Crippen molar-refractivity contribution in [2.45, 2.75) is 6.04 Å². The third-order valence-electron chi connectivity index (χ3n) is 3.17. The van der Waals surface area contributed by atoms with Gasteiger partial charge < -0.3 is 5.73 Å². The Hall–Kier alpha value is -2.20. The molecular formula is C13H10N2O2. The fourth-order valence-corrected chi connectivity index (χ4v) is 2.35. The normalized spacial score (nSPS) is 16.4. The van der Waals surface area contributed by atoms with Gasteiger partial charge in [-0.3, -0.25) is 10.1 Å². The quantitative estimate of drug-likeness (QED) is 0.600. The van der Waals surface area contributed by atoms with Crippen LogP contribution in [-0.2, 0) is 0 Å². The molecule has 0 aliphatic heterocycles. The number of benzene rings is 2. The highest BCUT2D eigenvalue weighted by atomic mass is 16.6. The van der Waals surface area contributed by atoms with Crippen LogP contribution in [-0.4, -0.2) is 4.92 Å². The Morgan fingerprint density at radius 3 is 2.53 bits per heavy atom. The molecule has 4 heteroatoms. The highest BCUT2D eigenvalue weighted by molar-refractivity contribution is 5.79. The zero-order valence-corrected chi connectivity index (χ0v) is 8.96. The van der Waals surface area contributed by atoms with Crippen molar-refractivity contribution in [1.29, 1.82) is 0 Å². The van der Waals surface area contributed by atoms with E-state index in [9.17, 15) is 10.1 Å². The minimum absolute atomic E-state index is 0.0898. The smallest absolute Gasteiger partial charge is 0.269 e. The monoisotopic (exact) mass is 226 g/mol. The van der Waals surface area contributed by atoms with Crippen molar-refractivity contribution in [2.24, 2.45) is 5.73 Å². The van der Waals surface area contributed by atoms with E-state index in [1.54, 1.807) is 12.1 Å². The molecule has 1 aliphatic rings. The SMILES string of the molecule is NC1c2ccccc2-c2ccc([N+](=O)[O-])cc21. The molecule has 1 atom stereocenters. The highest BCUT2D eigenvalue weighted by Crippen LogP contribution is 2.43. The molecule has 0 saturated heterocycles. The molecule has 0 heterocycles. The number of nitro benzene ring substituents is 1. The first-order chi connectivity index (χ1) is 8.18. The summed E-state index contributed by atoms with van der Waals surface area (Å²) in [5.41, 5.74) is 10.1. The van der Waals surface area contributed by atoms with Crippen molar-refractivity contribution in [1.82, 2.24) is 0 Å². The van der Waals surface area contributed by atoms with Gasteiger partial charge in [0.15, 0.2) is 0 Å². The maximum absolute atomic E-state index is 10.7. The van der Waals surface area contributed by atoms with Crippen LogP contribution in [0.5, 0.6) is 0 Å². The Bertz CT molecular complexity index is 623. The predicted octanol–water partition coefficient (Wildman–Crippen LogP) is 2.62. The Labute approximate surface area is 97.8 Å². The zero-order valence-electron chi connectivity index (χ0n) is 8.96. The van der Waals surface area contributed by atoms with E-state index in [1.807, 2.05) is 24.3 Å². The van der Waals surface area contributed by atoms with Gasteiger partial charge in [0.1, 0.15) is 0 Å². The average Bonchev–Trinajstić information content (AvgIpc) is 2.64. The van der Waals surface area contributed by atoms with Crippen molar-refractivity contribution in [2.75, 3.05) is 0 Å². The lowest BCUT2D eigenvalue weighted by atomic mass is 10.1. The number of nitrogens with zero attached hydrogens (tertiary/aromatic N) is 1. The molecule has 0 radical (unpaired) electrons. The van der Waals surface area contributed by atoms with Gasteiger partial charge in [0, 0.05) is 12.1 Å². The van der Waals surface area contributed by atoms with Crippen LogP contribution in [0.25, 0.3) is 11.1 Å². The van der Waals surface area contributed by atoms with Crippen LogP contribution in [0.15, 0.2) is 42.5 Å². The molecule has 3 rings (SSSR count). The molecular weight excluding hydrogens is 216 g/mol. The standard InChI is InChI=1S/C13H10N2O2/c14-13-11-4-2-1-3-9(11)10-6-5-8(15(16)17)7-12(10)13/h1-7,13H,14H2. The molecule has 2 aromatic carbocycles. The maximum atomic E-state index is 10.7. The molecule has 1 aliphatic carbocycles. The summed E-state index contributed by atoms with van der Waals surface area (Å²) in [5.74, 6) is 0. The van der Waals surface area contributed by atoms with Crippen LogP contribution < -0.4 is 5.73 Å². The van der Waals surface area contributed by atoms with Crippen LogP contribution in [0.2, 0.25) is 0 Å². The number of nitro groups is 1. The van der Waals surface area contributed by atoms with Gasteiger partial charge in [-0.15, -0.1) is 0 Å². The van der Waals surface area contributed by atoms with Crippen LogP contribution in [0, 0.1) is 10.1 Å². The van der Waals surface area contributed by atoms with Crippen LogP contribution in [0.4, 0.5) is 5.69 Å². The summed E-state index contributed by atoms with van der Waals surface area (Å²) in [7, 11) is 0. The molecule has 2 N–H and O–H groups in total. The van der Waals surface area contributed by atoms with Crippen LogP contribution in [0.3, 0.4) is 0 Å². The summed E-state index contributed by atoms with van der Waals surface area (Å²) in [6, 6.07) is 12.4. The fraction of sp³-hybridized carbons (Fsp3) is 0.0769. The van der Waals surface area contributed by atoms with Gasteiger partial charge in [0.25, 0.3) is 5.69 Å². The largest absolute Gasteiger partial charge is 0.320 e.